The molecule has 1 amide bonds. The van der Waals surface area contributed by atoms with Gasteiger partial charge in [0, 0.05) is 30.5 Å². The van der Waals surface area contributed by atoms with Crippen LogP contribution in [0.15, 0.2) is 102 Å². The van der Waals surface area contributed by atoms with Gasteiger partial charge in [-0.25, -0.2) is 4.98 Å². The normalized spacial score (nSPS) is 18.9. The third kappa shape index (κ3) is 8.26. The van der Waals surface area contributed by atoms with Gasteiger partial charge in [0.1, 0.15) is 0 Å². The number of hydrogen-bond donors (Lipinski definition) is 2. The van der Waals surface area contributed by atoms with Crippen molar-refractivity contribution in [1.82, 2.24) is 10.3 Å². The third-order valence-electron chi connectivity index (χ3n) is 6.82. The van der Waals surface area contributed by atoms with Crippen LogP contribution in [0.1, 0.15) is 41.1 Å². The highest BCUT2D eigenvalue weighted by molar-refractivity contribution is 7.99. The average molecular weight is 644 g/mol. The molecule has 0 saturated carbocycles. The number of aromatic nitrogens is 1. The highest BCUT2D eigenvalue weighted by Crippen LogP contribution is 2.39. The molecule has 5 rings (SSSR count). The topological polar surface area (TPSA) is 80.7 Å². The zero-order valence-corrected chi connectivity index (χ0v) is 25.5. The van der Waals surface area contributed by atoms with Crippen LogP contribution in [0.2, 0.25) is 0 Å². The number of ether oxygens (including phenoxy) is 2. The van der Waals surface area contributed by atoms with Gasteiger partial charge < -0.3 is 19.9 Å². The number of amides is 1. The van der Waals surface area contributed by atoms with Crippen LogP contribution in [0, 0.1) is 0 Å². The molecular formula is C32H29Cl3N2O4S. The summed E-state index contributed by atoms with van der Waals surface area (Å²) in [5.41, 5.74) is 5.68. The Bertz CT molecular complexity index is 1470. The minimum absolute atomic E-state index is 0.000267. The fraction of sp³-hybridized carbons (Fsp3) is 0.250. The van der Waals surface area contributed by atoms with Crippen molar-refractivity contribution in [3.63, 3.8) is 0 Å². The maximum absolute atomic E-state index is 11.9. The van der Waals surface area contributed by atoms with Gasteiger partial charge in [0.05, 0.1) is 23.8 Å². The summed E-state index contributed by atoms with van der Waals surface area (Å²) >= 11 is 18.6. The van der Waals surface area contributed by atoms with E-state index in [4.69, 9.17) is 44.3 Å². The van der Waals surface area contributed by atoms with Crippen molar-refractivity contribution >= 4 is 52.5 Å². The highest BCUT2D eigenvalue weighted by atomic mass is 35.6. The Kier molecular flexibility index (Phi) is 10.4. The first-order chi connectivity index (χ1) is 20.3. The molecule has 0 unspecified atom stereocenters. The van der Waals surface area contributed by atoms with Crippen LogP contribution in [0.3, 0.4) is 0 Å². The summed E-state index contributed by atoms with van der Waals surface area (Å²) < 4.78 is 10.9. The third-order valence-corrected chi connectivity index (χ3v) is 8.41. The molecule has 1 aliphatic heterocycles. The van der Waals surface area contributed by atoms with E-state index in [9.17, 15) is 9.90 Å². The van der Waals surface area contributed by atoms with Crippen molar-refractivity contribution in [2.45, 2.75) is 46.9 Å². The summed E-state index contributed by atoms with van der Waals surface area (Å²) in [7, 11) is 0. The van der Waals surface area contributed by atoms with E-state index < -0.39 is 16.0 Å². The number of nitrogens with zero attached hydrogens (tertiary/aromatic N) is 1. The molecule has 0 radical (unpaired) electrons. The van der Waals surface area contributed by atoms with E-state index in [-0.39, 0.29) is 25.4 Å². The Balaban J connectivity index is 1.31. The van der Waals surface area contributed by atoms with Gasteiger partial charge in [-0.1, -0.05) is 108 Å². The lowest BCUT2D eigenvalue weighted by molar-refractivity contribution is -0.245. The van der Waals surface area contributed by atoms with Gasteiger partial charge in [-0.15, -0.1) is 11.8 Å². The highest BCUT2D eigenvalue weighted by Gasteiger charge is 2.32. The van der Waals surface area contributed by atoms with E-state index in [1.165, 1.54) is 0 Å². The summed E-state index contributed by atoms with van der Waals surface area (Å²) in [6.07, 6.45) is 1.73. The van der Waals surface area contributed by atoms with Crippen LogP contribution in [0.25, 0.3) is 11.1 Å². The van der Waals surface area contributed by atoms with Crippen molar-refractivity contribution < 1.29 is 19.4 Å². The van der Waals surface area contributed by atoms with Gasteiger partial charge in [-0.2, -0.15) is 0 Å². The second-order valence-corrected chi connectivity index (χ2v) is 13.2. The van der Waals surface area contributed by atoms with Gasteiger partial charge in [0.15, 0.2) is 6.29 Å². The van der Waals surface area contributed by atoms with Gasteiger partial charge >= 0.3 is 0 Å². The number of benzene rings is 3. The molecule has 3 aromatic carbocycles. The molecule has 3 atom stereocenters. The summed E-state index contributed by atoms with van der Waals surface area (Å²) in [5.74, 6) is 0.0658. The first kappa shape index (κ1) is 30.8. The van der Waals surface area contributed by atoms with Gasteiger partial charge in [0.2, 0.25) is 0 Å². The molecule has 1 fully saturated rings. The van der Waals surface area contributed by atoms with Crippen molar-refractivity contribution in [3.8, 4) is 11.1 Å². The molecule has 218 valence electrons. The monoisotopic (exact) mass is 642 g/mol. The van der Waals surface area contributed by atoms with Crippen molar-refractivity contribution in [2.24, 2.45) is 0 Å². The molecule has 1 saturated heterocycles. The fourth-order valence-electron chi connectivity index (χ4n) is 4.61. The minimum atomic E-state index is -2.01. The molecule has 10 heteroatoms. The molecule has 1 aliphatic rings. The summed E-state index contributed by atoms with van der Waals surface area (Å²) in [4.78, 5) is 16.3. The van der Waals surface area contributed by atoms with Gasteiger partial charge in [0.25, 0.3) is 9.70 Å². The standard InChI is InChI=1S/C32H29Cl3N2O4S/c33-32(34,35)31(39)37-18-22-4-3-5-26(16-22)23-11-13-25(14-12-23)30-40-27(20-42-29-6-1-2-15-36-29)17-28(41-30)24-9-7-21(19-38)8-10-24/h1-16,27-28,30,38H,17-20H2,(H,37,39)/t27-,28+,30+/m0/s1. The SMILES string of the molecule is O=C(NCc1cccc(-c2ccc([C@@H]3O[C@H](CSc4ccccn4)C[C@H](c4ccc(CO)cc4)O3)cc2)c1)C(Cl)(Cl)Cl. The predicted octanol–water partition coefficient (Wildman–Crippen LogP) is 7.57. The Morgan fingerprint density at radius 2 is 1.67 bits per heavy atom. The molecule has 2 N–H and O–H groups in total. The molecule has 42 heavy (non-hydrogen) atoms. The molecule has 4 aromatic rings. The maximum atomic E-state index is 11.9. The zero-order chi connectivity index (χ0) is 29.5. The smallest absolute Gasteiger partial charge is 0.272 e. The number of aliphatic hydroxyl groups excluding tert-OH is 1. The van der Waals surface area contributed by atoms with Crippen LogP contribution in [0.5, 0.6) is 0 Å². The number of halogens is 3. The van der Waals surface area contributed by atoms with Crippen LogP contribution < -0.4 is 5.32 Å². The second-order valence-electron chi connectivity index (χ2n) is 9.83. The number of aliphatic hydroxyl groups is 1. The summed E-state index contributed by atoms with van der Waals surface area (Å²) in [6, 6.07) is 29.6. The number of carbonyl (C=O) groups excluding carboxylic acids is 1. The van der Waals surface area contributed by atoms with E-state index in [1.807, 2.05) is 91.0 Å². The molecule has 0 aliphatic carbocycles. The Morgan fingerprint density at radius 3 is 2.36 bits per heavy atom. The summed E-state index contributed by atoms with van der Waals surface area (Å²) in [6.45, 7) is 0.237. The number of thioether (sulfide) groups is 1. The number of pyridine rings is 1. The Labute approximate surface area is 264 Å². The van der Waals surface area contributed by atoms with Crippen LogP contribution in [0.4, 0.5) is 0 Å². The minimum Gasteiger partial charge on any atom is -0.392 e. The average Bonchev–Trinajstić information content (AvgIpc) is 3.03. The van der Waals surface area contributed by atoms with E-state index >= 15 is 0 Å². The lowest BCUT2D eigenvalue weighted by Gasteiger charge is -2.36. The molecule has 0 bridgehead atoms. The number of carbonyl (C=O) groups is 1. The summed E-state index contributed by atoms with van der Waals surface area (Å²) in [5, 5.41) is 13.0. The number of rotatable bonds is 9. The van der Waals surface area contributed by atoms with E-state index in [0.29, 0.717) is 6.42 Å². The predicted molar refractivity (Wildman–Crippen MR) is 167 cm³/mol. The van der Waals surface area contributed by atoms with E-state index in [1.54, 1.807) is 18.0 Å². The Morgan fingerprint density at radius 1 is 0.905 bits per heavy atom. The van der Waals surface area contributed by atoms with Crippen LogP contribution in [-0.4, -0.2) is 31.6 Å². The van der Waals surface area contributed by atoms with Crippen LogP contribution in [-0.2, 0) is 27.4 Å². The molecule has 0 spiro atoms. The largest absolute Gasteiger partial charge is 0.392 e. The van der Waals surface area contributed by atoms with Gasteiger partial charge in [-0.3, -0.25) is 4.79 Å². The fourth-order valence-corrected chi connectivity index (χ4v) is 5.69. The molecule has 2 heterocycles. The lowest BCUT2D eigenvalue weighted by atomic mass is 9.99. The first-order valence-corrected chi connectivity index (χ1v) is 15.5. The van der Waals surface area contributed by atoms with Crippen molar-refractivity contribution in [1.29, 1.82) is 0 Å². The van der Waals surface area contributed by atoms with Gasteiger partial charge in [-0.05, 0) is 46.0 Å². The molecule has 1 aromatic heterocycles. The number of alkyl halides is 3. The second kappa shape index (κ2) is 14.2. The van der Waals surface area contributed by atoms with Crippen molar-refractivity contribution in [3.05, 3.63) is 119 Å². The Hall–Kier alpha value is -2.62. The first-order valence-electron chi connectivity index (χ1n) is 13.4. The zero-order valence-electron chi connectivity index (χ0n) is 22.5. The maximum Gasteiger partial charge on any atom is 0.272 e. The number of nitrogens with one attached hydrogen (secondary N) is 1. The molecular weight excluding hydrogens is 615 g/mol. The van der Waals surface area contributed by atoms with E-state index in [2.05, 4.69) is 10.3 Å². The lowest BCUT2D eigenvalue weighted by Crippen LogP contribution is -2.33. The molecule has 6 nitrogen and oxygen atoms in total. The van der Waals surface area contributed by atoms with Crippen LogP contribution >= 0.6 is 46.6 Å². The van der Waals surface area contributed by atoms with E-state index in [0.717, 1.165) is 44.2 Å². The number of hydrogen-bond acceptors (Lipinski definition) is 6. The van der Waals surface area contributed by atoms with Crippen molar-refractivity contribution in [2.75, 3.05) is 5.75 Å². The quantitative estimate of drug-likeness (QED) is 0.145.